The predicted octanol–water partition coefficient (Wildman–Crippen LogP) is 5.29. The van der Waals surface area contributed by atoms with Crippen molar-refractivity contribution in [2.45, 2.75) is 19.8 Å². The topological polar surface area (TPSA) is 108 Å². The standard InChI is InChI=1S/C22H14F3N5O2S/c1-2-32-11-30-17(10-27)16(9-26)28-20(30)14-5-3-12(7-18(14)31)21-29-15-8-13(22(23,24)25)4-6-19(15)33-21/h3-8,31H,2,11H2,1H3. The van der Waals surface area contributed by atoms with E-state index in [2.05, 4.69) is 9.97 Å². The van der Waals surface area contributed by atoms with Crippen LogP contribution in [0.4, 0.5) is 13.2 Å². The number of rotatable bonds is 5. The Morgan fingerprint density at radius 3 is 2.55 bits per heavy atom. The lowest BCUT2D eigenvalue weighted by molar-refractivity contribution is -0.137. The number of aromatic hydroxyl groups is 1. The van der Waals surface area contributed by atoms with Gasteiger partial charge in [-0.05, 0) is 37.3 Å². The third kappa shape index (κ3) is 4.12. The first kappa shape index (κ1) is 22.3. The van der Waals surface area contributed by atoms with Crippen LogP contribution in [0.5, 0.6) is 5.75 Å². The highest BCUT2D eigenvalue weighted by Crippen LogP contribution is 2.38. The normalized spacial score (nSPS) is 11.5. The molecule has 0 aliphatic rings. The van der Waals surface area contributed by atoms with Crippen molar-refractivity contribution in [3.05, 3.63) is 53.3 Å². The van der Waals surface area contributed by atoms with Gasteiger partial charge in [0.15, 0.2) is 11.4 Å². The molecule has 11 heteroatoms. The van der Waals surface area contributed by atoms with Crippen molar-refractivity contribution in [3.63, 3.8) is 0 Å². The minimum absolute atomic E-state index is 0.0102. The first-order valence-electron chi connectivity index (χ1n) is 9.56. The van der Waals surface area contributed by atoms with E-state index in [4.69, 9.17) is 4.74 Å². The number of imidazole rings is 1. The second-order valence-corrected chi connectivity index (χ2v) is 7.87. The van der Waals surface area contributed by atoms with E-state index in [1.54, 1.807) is 19.1 Å². The molecule has 166 valence electrons. The van der Waals surface area contributed by atoms with Gasteiger partial charge in [-0.3, -0.25) is 4.57 Å². The van der Waals surface area contributed by atoms with Crippen LogP contribution in [0.1, 0.15) is 23.9 Å². The Hall–Kier alpha value is -3.93. The van der Waals surface area contributed by atoms with Crippen molar-refractivity contribution in [3.8, 4) is 39.8 Å². The highest BCUT2D eigenvalue weighted by Gasteiger charge is 2.31. The summed E-state index contributed by atoms with van der Waals surface area (Å²) in [5.41, 5.74) is 0.0935. The summed E-state index contributed by atoms with van der Waals surface area (Å²) >= 11 is 1.19. The number of benzene rings is 2. The molecule has 0 atom stereocenters. The molecule has 0 unspecified atom stereocenters. The van der Waals surface area contributed by atoms with Crippen molar-refractivity contribution >= 4 is 21.6 Å². The maximum absolute atomic E-state index is 13.0. The van der Waals surface area contributed by atoms with Crippen LogP contribution in [0.3, 0.4) is 0 Å². The Bertz CT molecular complexity index is 1440. The van der Waals surface area contributed by atoms with Gasteiger partial charge in [-0.25, -0.2) is 9.97 Å². The van der Waals surface area contributed by atoms with E-state index in [0.717, 1.165) is 12.1 Å². The molecule has 2 heterocycles. The number of hydrogen-bond donors (Lipinski definition) is 1. The van der Waals surface area contributed by atoms with Crippen molar-refractivity contribution < 1.29 is 23.0 Å². The zero-order chi connectivity index (χ0) is 23.8. The minimum atomic E-state index is -4.47. The lowest BCUT2D eigenvalue weighted by Gasteiger charge is -2.10. The van der Waals surface area contributed by atoms with Crippen LogP contribution in [-0.2, 0) is 17.6 Å². The zero-order valence-corrected chi connectivity index (χ0v) is 17.8. The summed E-state index contributed by atoms with van der Waals surface area (Å²) in [6.07, 6.45) is -4.47. The molecule has 0 aliphatic carbocycles. The summed E-state index contributed by atoms with van der Waals surface area (Å²) in [5.74, 6) is -0.0146. The number of nitrogens with zero attached hydrogens (tertiary/aromatic N) is 5. The van der Waals surface area contributed by atoms with E-state index in [-0.39, 0.29) is 40.8 Å². The first-order valence-corrected chi connectivity index (χ1v) is 10.4. The second kappa shape index (κ2) is 8.54. The molecule has 2 aromatic heterocycles. The fourth-order valence-corrected chi connectivity index (χ4v) is 4.18. The lowest BCUT2D eigenvalue weighted by Crippen LogP contribution is -2.07. The minimum Gasteiger partial charge on any atom is -0.507 e. The third-order valence-corrected chi connectivity index (χ3v) is 5.89. The number of phenols is 1. The largest absolute Gasteiger partial charge is 0.507 e. The Balaban J connectivity index is 1.76. The molecule has 2 aromatic carbocycles. The van der Waals surface area contributed by atoms with Gasteiger partial charge in [-0.15, -0.1) is 11.3 Å². The fraction of sp³-hybridized carbons (Fsp3) is 0.182. The monoisotopic (exact) mass is 469 g/mol. The SMILES string of the molecule is CCOCn1c(-c2ccc(-c3nc4cc(C(F)(F)F)ccc4s3)cc2O)nc(C#N)c1C#N. The van der Waals surface area contributed by atoms with Gasteiger partial charge in [0.1, 0.15) is 35.5 Å². The Kier molecular flexibility index (Phi) is 5.77. The number of nitriles is 2. The fourth-order valence-electron chi connectivity index (χ4n) is 3.24. The molecule has 1 N–H and O–H groups in total. The predicted molar refractivity (Wildman–Crippen MR) is 114 cm³/mol. The summed E-state index contributed by atoms with van der Waals surface area (Å²) < 4.78 is 46.3. The van der Waals surface area contributed by atoms with Gasteiger partial charge in [0.05, 0.1) is 21.3 Å². The van der Waals surface area contributed by atoms with E-state index in [9.17, 15) is 28.8 Å². The molecule has 7 nitrogen and oxygen atoms in total. The highest BCUT2D eigenvalue weighted by atomic mass is 32.1. The molecule has 4 rings (SSSR count). The van der Waals surface area contributed by atoms with Crippen LogP contribution in [-0.4, -0.2) is 26.2 Å². The third-order valence-electron chi connectivity index (χ3n) is 4.80. The molecule has 0 aliphatic heterocycles. The average molecular weight is 469 g/mol. The quantitative estimate of drug-likeness (QED) is 0.426. The highest BCUT2D eigenvalue weighted by molar-refractivity contribution is 7.21. The molecule has 0 saturated heterocycles. The number of phenolic OH excluding ortho intramolecular Hbond substituents is 1. The molecule has 0 amide bonds. The Morgan fingerprint density at radius 2 is 1.91 bits per heavy atom. The molecular formula is C22H14F3N5O2S. The summed E-state index contributed by atoms with van der Waals surface area (Å²) in [6.45, 7) is 2.10. The first-order chi connectivity index (χ1) is 15.8. The van der Waals surface area contributed by atoms with Crippen LogP contribution >= 0.6 is 11.3 Å². The average Bonchev–Trinajstić information content (AvgIpc) is 3.37. The molecule has 0 saturated carbocycles. The summed E-state index contributed by atoms with van der Waals surface area (Å²) in [7, 11) is 0. The summed E-state index contributed by atoms with van der Waals surface area (Å²) in [5, 5.41) is 29.9. The summed E-state index contributed by atoms with van der Waals surface area (Å²) in [4.78, 5) is 8.46. The van der Waals surface area contributed by atoms with Crippen LogP contribution in [0.25, 0.3) is 32.2 Å². The molecule has 0 bridgehead atoms. The van der Waals surface area contributed by atoms with Crippen LogP contribution in [0, 0.1) is 22.7 Å². The number of hydrogen-bond acceptors (Lipinski definition) is 7. The van der Waals surface area contributed by atoms with E-state index in [0.29, 0.717) is 21.9 Å². The molecule has 0 spiro atoms. The molecular weight excluding hydrogens is 455 g/mol. The number of thiazole rings is 1. The van der Waals surface area contributed by atoms with E-state index in [1.165, 1.54) is 28.0 Å². The molecule has 0 fully saturated rings. The Morgan fingerprint density at radius 1 is 1.12 bits per heavy atom. The van der Waals surface area contributed by atoms with Crippen molar-refractivity contribution in [1.29, 1.82) is 10.5 Å². The van der Waals surface area contributed by atoms with E-state index >= 15 is 0 Å². The maximum atomic E-state index is 13.0. The Labute approximate surface area is 189 Å². The molecule has 4 aromatic rings. The maximum Gasteiger partial charge on any atom is 0.416 e. The van der Waals surface area contributed by atoms with Gasteiger partial charge in [-0.1, -0.05) is 6.07 Å². The molecule has 33 heavy (non-hydrogen) atoms. The van der Waals surface area contributed by atoms with E-state index < -0.39 is 11.7 Å². The zero-order valence-electron chi connectivity index (χ0n) is 17.0. The number of halogens is 3. The van der Waals surface area contributed by atoms with Crippen molar-refractivity contribution in [2.24, 2.45) is 0 Å². The number of ether oxygens (including phenoxy) is 1. The molecule has 0 radical (unpaired) electrons. The van der Waals surface area contributed by atoms with Gasteiger partial charge in [0.25, 0.3) is 0 Å². The number of alkyl halides is 3. The van der Waals surface area contributed by atoms with Crippen molar-refractivity contribution in [1.82, 2.24) is 14.5 Å². The van der Waals surface area contributed by atoms with Crippen LogP contribution in [0.15, 0.2) is 36.4 Å². The second-order valence-electron chi connectivity index (χ2n) is 6.84. The number of fused-ring (bicyclic) bond motifs is 1. The van der Waals surface area contributed by atoms with Gasteiger partial charge in [0.2, 0.25) is 0 Å². The van der Waals surface area contributed by atoms with Gasteiger partial charge < -0.3 is 9.84 Å². The van der Waals surface area contributed by atoms with Crippen molar-refractivity contribution in [2.75, 3.05) is 6.61 Å². The van der Waals surface area contributed by atoms with Gasteiger partial charge in [0, 0.05) is 12.2 Å². The van der Waals surface area contributed by atoms with Crippen LogP contribution < -0.4 is 0 Å². The smallest absolute Gasteiger partial charge is 0.416 e. The van der Waals surface area contributed by atoms with E-state index in [1.807, 2.05) is 12.1 Å². The lowest BCUT2D eigenvalue weighted by atomic mass is 10.1. The van der Waals surface area contributed by atoms with Crippen LogP contribution in [0.2, 0.25) is 0 Å². The van der Waals surface area contributed by atoms with Gasteiger partial charge in [-0.2, -0.15) is 23.7 Å². The summed E-state index contributed by atoms with van der Waals surface area (Å²) in [6, 6.07) is 11.7. The van der Waals surface area contributed by atoms with Gasteiger partial charge >= 0.3 is 6.18 Å². The number of aromatic nitrogens is 3.